The molecule has 3 rings (SSSR count). The highest BCUT2D eigenvalue weighted by molar-refractivity contribution is 6.07. The van der Waals surface area contributed by atoms with Gasteiger partial charge in [0.15, 0.2) is 0 Å². The second kappa shape index (κ2) is 6.92. The lowest BCUT2D eigenvalue weighted by molar-refractivity contribution is -0.132. The fraction of sp³-hybridized carbons (Fsp3) is 0.333. The first-order valence-corrected chi connectivity index (χ1v) is 8.75. The third kappa shape index (κ3) is 3.35. The fourth-order valence-corrected chi connectivity index (χ4v) is 3.40. The summed E-state index contributed by atoms with van der Waals surface area (Å²) in [5.41, 5.74) is 3.40. The zero-order chi connectivity index (χ0) is 18.9. The monoisotopic (exact) mass is 351 g/mol. The normalized spacial score (nSPS) is 20.0. The molecule has 136 valence electrons. The van der Waals surface area contributed by atoms with Crippen molar-refractivity contribution in [3.05, 3.63) is 70.8 Å². The molecule has 26 heavy (non-hydrogen) atoms. The first-order chi connectivity index (χ1) is 12.3. The Morgan fingerprint density at radius 3 is 2.42 bits per heavy atom. The number of imide groups is 1. The van der Waals surface area contributed by atoms with Crippen LogP contribution in [-0.2, 0) is 16.9 Å². The number of hydrogen-bond donors (Lipinski definition) is 1. The molecule has 2 aromatic rings. The highest BCUT2D eigenvalue weighted by Crippen LogP contribution is 2.28. The third-order valence-corrected chi connectivity index (χ3v) is 4.95. The number of hydrogen-bond acceptors (Lipinski definition) is 3. The molecule has 2 aromatic carbocycles. The van der Waals surface area contributed by atoms with Crippen molar-refractivity contribution in [1.29, 1.82) is 0 Å². The van der Waals surface area contributed by atoms with Gasteiger partial charge in [0.2, 0.25) is 0 Å². The van der Waals surface area contributed by atoms with Crippen molar-refractivity contribution in [2.45, 2.75) is 32.9 Å². The fourth-order valence-electron chi connectivity index (χ4n) is 3.40. The van der Waals surface area contributed by atoms with Crippen LogP contribution in [0, 0.1) is 13.8 Å². The molecule has 0 saturated carbocycles. The number of nitrogens with one attached hydrogen (secondary N) is 1. The Hall–Kier alpha value is -2.66. The molecule has 0 unspecified atom stereocenters. The first-order valence-electron chi connectivity index (χ1n) is 8.75. The van der Waals surface area contributed by atoms with Crippen molar-refractivity contribution in [2.75, 3.05) is 13.7 Å². The maximum absolute atomic E-state index is 13.0. The van der Waals surface area contributed by atoms with Crippen molar-refractivity contribution in [2.24, 2.45) is 0 Å². The second-order valence-corrected chi connectivity index (χ2v) is 7.24. The van der Waals surface area contributed by atoms with Gasteiger partial charge in [-0.25, -0.2) is 9.69 Å². The van der Waals surface area contributed by atoms with Gasteiger partial charge in [-0.3, -0.25) is 9.69 Å². The number of benzene rings is 2. The van der Waals surface area contributed by atoms with Crippen LogP contribution < -0.4 is 5.32 Å². The highest BCUT2D eigenvalue weighted by atomic mass is 16.2. The van der Waals surface area contributed by atoms with Crippen molar-refractivity contribution in [3.8, 4) is 0 Å². The van der Waals surface area contributed by atoms with Gasteiger partial charge in [0.05, 0.1) is 6.67 Å². The van der Waals surface area contributed by atoms with E-state index in [0.29, 0.717) is 6.54 Å². The largest absolute Gasteiger partial charge is 0.326 e. The van der Waals surface area contributed by atoms with E-state index in [1.165, 1.54) is 21.6 Å². The number of nitrogens with zero attached hydrogens (tertiary/aromatic N) is 2. The number of carbonyl (C=O) groups excluding carboxylic acids is 2. The van der Waals surface area contributed by atoms with E-state index >= 15 is 0 Å². The van der Waals surface area contributed by atoms with E-state index < -0.39 is 5.54 Å². The topological polar surface area (TPSA) is 52.6 Å². The zero-order valence-electron chi connectivity index (χ0n) is 15.7. The first kappa shape index (κ1) is 18.1. The molecule has 0 bridgehead atoms. The molecule has 1 heterocycles. The maximum atomic E-state index is 13.0. The number of urea groups is 1. The van der Waals surface area contributed by atoms with E-state index in [0.717, 1.165) is 5.56 Å². The molecule has 1 N–H and O–H groups in total. The summed E-state index contributed by atoms with van der Waals surface area (Å²) in [6.07, 6.45) is 0. The molecule has 1 atom stereocenters. The number of amides is 3. The van der Waals surface area contributed by atoms with Gasteiger partial charge in [0.25, 0.3) is 5.91 Å². The van der Waals surface area contributed by atoms with Gasteiger partial charge in [0.1, 0.15) is 5.54 Å². The van der Waals surface area contributed by atoms with Crippen LogP contribution in [-0.4, -0.2) is 35.5 Å². The molecular weight excluding hydrogens is 326 g/mol. The summed E-state index contributed by atoms with van der Waals surface area (Å²) < 4.78 is 0. The SMILES string of the molecule is Cc1ccc(CN(C)CN2C(=O)N[C@](C)(c3ccccc3)C2=O)c(C)c1. The highest BCUT2D eigenvalue weighted by Gasteiger charge is 2.49. The van der Waals surface area contributed by atoms with Crippen LogP contribution in [0.1, 0.15) is 29.2 Å². The summed E-state index contributed by atoms with van der Waals surface area (Å²) in [5.74, 6) is -0.221. The van der Waals surface area contributed by atoms with E-state index in [-0.39, 0.29) is 18.6 Å². The average Bonchev–Trinajstić information content (AvgIpc) is 2.82. The number of aryl methyl sites for hydroxylation is 2. The van der Waals surface area contributed by atoms with Gasteiger partial charge >= 0.3 is 6.03 Å². The minimum Gasteiger partial charge on any atom is -0.319 e. The predicted molar refractivity (Wildman–Crippen MR) is 101 cm³/mol. The Morgan fingerprint density at radius 1 is 1.08 bits per heavy atom. The lowest BCUT2D eigenvalue weighted by Gasteiger charge is -2.25. The van der Waals surface area contributed by atoms with Crippen molar-refractivity contribution in [3.63, 3.8) is 0 Å². The van der Waals surface area contributed by atoms with Gasteiger partial charge in [-0.05, 0) is 44.5 Å². The second-order valence-electron chi connectivity index (χ2n) is 7.24. The standard InChI is InChI=1S/C21H25N3O2/c1-15-10-11-17(16(2)12-15)13-23(4)14-24-19(25)21(3,22-20(24)26)18-8-6-5-7-9-18/h5-12H,13-14H2,1-4H3,(H,22,26)/t21-/m1/s1. The molecular formula is C21H25N3O2. The Kier molecular flexibility index (Phi) is 4.83. The van der Waals surface area contributed by atoms with E-state index in [9.17, 15) is 9.59 Å². The zero-order valence-corrected chi connectivity index (χ0v) is 15.7. The summed E-state index contributed by atoms with van der Waals surface area (Å²) in [5, 5.41) is 2.85. The van der Waals surface area contributed by atoms with Gasteiger partial charge in [-0.1, -0.05) is 54.1 Å². The summed E-state index contributed by atoms with van der Waals surface area (Å²) in [7, 11) is 1.91. The average molecular weight is 351 g/mol. The Bertz CT molecular complexity index is 834. The van der Waals surface area contributed by atoms with Gasteiger partial charge in [0, 0.05) is 6.54 Å². The minimum atomic E-state index is -1.01. The molecule has 5 nitrogen and oxygen atoms in total. The smallest absolute Gasteiger partial charge is 0.319 e. The van der Waals surface area contributed by atoms with Gasteiger partial charge in [-0.15, -0.1) is 0 Å². The predicted octanol–water partition coefficient (Wildman–Crippen LogP) is 3.16. The van der Waals surface area contributed by atoms with Crippen molar-refractivity contribution in [1.82, 2.24) is 15.1 Å². The van der Waals surface area contributed by atoms with Crippen LogP contribution in [0.3, 0.4) is 0 Å². The molecule has 1 aliphatic rings. The molecule has 1 fully saturated rings. The lowest BCUT2D eigenvalue weighted by Crippen LogP contribution is -2.42. The van der Waals surface area contributed by atoms with Crippen LogP contribution in [0.4, 0.5) is 4.79 Å². The summed E-state index contributed by atoms with van der Waals surface area (Å²) in [4.78, 5) is 28.7. The molecule has 0 spiro atoms. The maximum Gasteiger partial charge on any atom is 0.326 e. The molecule has 3 amide bonds. The Balaban J connectivity index is 1.73. The van der Waals surface area contributed by atoms with Crippen molar-refractivity contribution >= 4 is 11.9 Å². The Labute approximate surface area is 154 Å². The quantitative estimate of drug-likeness (QED) is 0.842. The molecule has 0 radical (unpaired) electrons. The molecule has 0 aromatic heterocycles. The number of carbonyl (C=O) groups is 2. The van der Waals surface area contributed by atoms with E-state index in [2.05, 4.69) is 37.4 Å². The van der Waals surface area contributed by atoms with Crippen LogP contribution in [0.15, 0.2) is 48.5 Å². The molecule has 1 aliphatic heterocycles. The summed E-state index contributed by atoms with van der Waals surface area (Å²) in [6.45, 7) is 6.83. The molecule has 0 aliphatic carbocycles. The minimum absolute atomic E-state index is 0.221. The van der Waals surface area contributed by atoms with E-state index in [1.807, 2.05) is 42.3 Å². The van der Waals surface area contributed by atoms with Gasteiger partial charge < -0.3 is 5.32 Å². The Morgan fingerprint density at radius 2 is 1.77 bits per heavy atom. The summed E-state index contributed by atoms with van der Waals surface area (Å²) >= 11 is 0. The van der Waals surface area contributed by atoms with E-state index in [4.69, 9.17) is 0 Å². The molecule has 5 heteroatoms. The summed E-state index contributed by atoms with van der Waals surface area (Å²) in [6, 6.07) is 15.3. The van der Waals surface area contributed by atoms with E-state index in [1.54, 1.807) is 6.92 Å². The van der Waals surface area contributed by atoms with Gasteiger partial charge in [-0.2, -0.15) is 0 Å². The van der Waals surface area contributed by atoms with Crippen LogP contribution in [0.25, 0.3) is 0 Å². The number of rotatable bonds is 5. The lowest BCUT2D eigenvalue weighted by atomic mass is 9.92. The van der Waals surface area contributed by atoms with Crippen LogP contribution in [0.5, 0.6) is 0 Å². The van der Waals surface area contributed by atoms with Crippen LogP contribution in [0.2, 0.25) is 0 Å². The third-order valence-electron chi connectivity index (χ3n) is 4.95. The molecule has 1 saturated heterocycles. The van der Waals surface area contributed by atoms with Crippen molar-refractivity contribution < 1.29 is 9.59 Å². The van der Waals surface area contributed by atoms with Crippen LogP contribution >= 0.6 is 0 Å².